The van der Waals surface area contributed by atoms with Gasteiger partial charge in [-0.1, -0.05) is 27.0 Å². The molecule has 0 aromatic carbocycles. The molecule has 50 valence electrons. The number of azo groups is 1. The summed E-state index contributed by atoms with van der Waals surface area (Å²) in [5.74, 6) is 0.369. The molecule has 9 heavy (non-hydrogen) atoms. The molecule has 0 saturated carbocycles. The van der Waals surface area contributed by atoms with Crippen molar-refractivity contribution >= 4 is 0 Å². The third kappa shape index (κ3) is 3.64. The van der Waals surface area contributed by atoms with Gasteiger partial charge in [-0.3, -0.25) is 0 Å². The van der Waals surface area contributed by atoms with Crippen LogP contribution in [0, 0.1) is 5.92 Å². The van der Waals surface area contributed by atoms with Gasteiger partial charge in [0, 0.05) is 6.20 Å². The van der Waals surface area contributed by atoms with Crippen molar-refractivity contribution in [3.05, 3.63) is 25.1 Å². The van der Waals surface area contributed by atoms with Crippen molar-refractivity contribution in [1.29, 1.82) is 0 Å². The third-order valence-corrected chi connectivity index (χ3v) is 0.934. The maximum absolute atomic E-state index is 3.75. The highest BCUT2D eigenvalue weighted by Gasteiger charge is 1.94. The largest absolute Gasteiger partial charge is 0.160 e. The molecule has 0 radical (unpaired) electrons. The molecule has 0 atom stereocenters. The lowest BCUT2D eigenvalue weighted by Gasteiger charge is -1.98. The second-order valence-corrected chi connectivity index (χ2v) is 2.04. The number of allylic oxidation sites excluding steroid dienone is 1. The summed E-state index contributed by atoms with van der Waals surface area (Å²) in [7, 11) is 0. The van der Waals surface area contributed by atoms with Crippen molar-refractivity contribution < 1.29 is 0 Å². The van der Waals surface area contributed by atoms with Gasteiger partial charge in [0.15, 0.2) is 0 Å². The van der Waals surface area contributed by atoms with Crippen LogP contribution in [0.15, 0.2) is 35.3 Å². The van der Waals surface area contributed by atoms with E-state index in [0.29, 0.717) is 5.92 Å². The van der Waals surface area contributed by atoms with Gasteiger partial charge < -0.3 is 0 Å². The molecule has 0 aromatic heterocycles. The van der Waals surface area contributed by atoms with Crippen LogP contribution in [-0.4, -0.2) is 0 Å². The molecule has 0 unspecified atom stereocenters. The number of nitrogens with zero attached hydrogens (tertiary/aromatic N) is 2. The summed E-state index contributed by atoms with van der Waals surface area (Å²) in [6.07, 6.45) is 1.40. The first-order chi connectivity index (χ1) is 4.18. The van der Waals surface area contributed by atoms with E-state index >= 15 is 0 Å². The molecule has 2 heteroatoms. The average molecular weight is 124 g/mol. The Balaban J connectivity index is 3.76. The number of hydrogen-bond donors (Lipinski definition) is 0. The summed E-state index contributed by atoms with van der Waals surface area (Å²) < 4.78 is 0. The lowest BCUT2D eigenvalue weighted by molar-refractivity contribution is 0.746. The van der Waals surface area contributed by atoms with E-state index in [1.54, 1.807) is 0 Å². The lowest BCUT2D eigenvalue weighted by atomic mass is 10.2. The molecule has 0 aliphatic heterocycles. The Kier molecular flexibility index (Phi) is 3.60. The van der Waals surface area contributed by atoms with Crippen molar-refractivity contribution in [1.82, 2.24) is 0 Å². The van der Waals surface area contributed by atoms with Crippen LogP contribution in [0.25, 0.3) is 0 Å². The van der Waals surface area contributed by atoms with Crippen LogP contribution in [-0.2, 0) is 0 Å². The van der Waals surface area contributed by atoms with Crippen LogP contribution < -0.4 is 0 Å². The first-order valence-corrected chi connectivity index (χ1v) is 2.89. The minimum Gasteiger partial charge on any atom is -0.160 e. The van der Waals surface area contributed by atoms with Crippen molar-refractivity contribution in [3.63, 3.8) is 0 Å². The van der Waals surface area contributed by atoms with E-state index in [2.05, 4.69) is 23.4 Å². The first-order valence-electron chi connectivity index (χ1n) is 2.89. The maximum atomic E-state index is 3.75. The molecule has 0 aromatic rings. The summed E-state index contributed by atoms with van der Waals surface area (Å²) in [5, 5.41) is 7.34. The van der Waals surface area contributed by atoms with E-state index in [1.165, 1.54) is 6.20 Å². The Bertz CT molecular complexity index is 134. The summed E-state index contributed by atoms with van der Waals surface area (Å²) in [6, 6.07) is 0. The van der Waals surface area contributed by atoms with E-state index < -0.39 is 0 Å². The van der Waals surface area contributed by atoms with Crippen molar-refractivity contribution in [3.8, 4) is 0 Å². The van der Waals surface area contributed by atoms with Crippen LogP contribution in [0.2, 0.25) is 0 Å². The molecule has 0 aliphatic carbocycles. The topological polar surface area (TPSA) is 24.7 Å². The predicted molar refractivity (Wildman–Crippen MR) is 39.0 cm³/mol. The molecule has 0 heterocycles. The molecular formula is C7H12N2. The monoisotopic (exact) mass is 124 g/mol. The highest BCUT2D eigenvalue weighted by atomic mass is 15.1. The highest BCUT2D eigenvalue weighted by molar-refractivity contribution is 4.93. The Morgan fingerprint density at radius 3 is 2.44 bits per heavy atom. The fourth-order valence-electron chi connectivity index (χ4n) is 0.230. The molecule has 2 nitrogen and oxygen atoms in total. The molecule has 0 bridgehead atoms. The fraction of sp³-hybridized carbons (Fsp3) is 0.429. The third-order valence-electron chi connectivity index (χ3n) is 0.934. The zero-order valence-corrected chi connectivity index (χ0v) is 5.96. The highest BCUT2D eigenvalue weighted by Crippen LogP contribution is 2.07. The van der Waals surface area contributed by atoms with E-state index in [1.807, 2.05) is 13.8 Å². The molecule has 0 fully saturated rings. The van der Waals surface area contributed by atoms with Crippen LogP contribution in [0.1, 0.15) is 13.8 Å². The maximum Gasteiger partial charge on any atom is 0.0584 e. The molecule has 0 spiro atoms. The van der Waals surface area contributed by atoms with Gasteiger partial charge in [-0.25, -0.2) is 0 Å². The van der Waals surface area contributed by atoms with Gasteiger partial charge in [-0.15, -0.1) is 0 Å². The molecular weight excluding hydrogens is 112 g/mol. The summed E-state index contributed by atoms with van der Waals surface area (Å²) >= 11 is 0. The van der Waals surface area contributed by atoms with E-state index in [4.69, 9.17) is 0 Å². The summed E-state index contributed by atoms with van der Waals surface area (Å²) in [5.41, 5.74) is 0.787. The quantitative estimate of drug-likeness (QED) is 0.517. The minimum atomic E-state index is 0.369. The van der Waals surface area contributed by atoms with E-state index in [9.17, 15) is 0 Å². The molecule has 0 rings (SSSR count). The zero-order valence-electron chi connectivity index (χ0n) is 5.96. The molecule has 0 aliphatic rings. The normalized spacial score (nSPS) is 10.6. The van der Waals surface area contributed by atoms with Crippen molar-refractivity contribution in [2.45, 2.75) is 13.8 Å². The fourth-order valence-corrected chi connectivity index (χ4v) is 0.230. The average Bonchev–Trinajstić information content (AvgIpc) is 1.82. The van der Waals surface area contributed by atoms with E-state index in [0.717, 1.165) is 5.70 Å². The molecule has 0 saturated heterocycles. The van der Waals surface area contributed by atoms with Crippen LogP contribution in [0.4, 0.5) is 0 Å². The smallest absolute Gasteiger partial charge is 0.0584 e. The Morgan fingerprint density at radius 1 is 1.56 bits per heavy atom. The Hall–Kier alpha value is -0.920. The predicted octanol–water partition coefficient (Wildman–Crippen LogP) is 2.75. The van der Waals surface area contributed by atoms with Gasteiger partial charge in [0.1, 0.15) is 0 Å². The SMILES string of the molecule is C=CN=NC(=C)C(C)C. The van der Waals surface area contributed by atoms with Crippen LogP contribution in [0.3, 0.4) is 0 Å². The molecule has 0 amide bonds. The summed E-state index contributed by atoms with van der Waals surface area (Å²) in [6.45, 7) is 11.1. The summed E-state index contributed by atoms with van der Waals surface area (Å²) in [4.78, 5) is 0. The van der Waals surface area contributed by atoms with Gasteiger partial charge in [0.25, 0.3) is 0 Å². The van der Waals surface area contributed by atoms with Crippen LogP contribution >= 0.6 is 0 Å². The van der Waals surface area contributed by atoms with Crippen molar-refractivity contribution in [2.75, 3.05) is 0 Å². The number of hydrogen-bond acceptors (Lipinski definition) is 2. The second-order valence-electron chi connectivity index (χ2n) is 2.04. The first kappa shape index (κ1) is 8.08. The van der Waals surface area contributed by atoms with Gasteiger partial charge in [0.2, 0.25) is 0 Å². The second kappa shape index (κ2) is 4.01. The Morgan fingerprint density at radius 2 is 2.11 bits per heavy atom. The van der Waals surface area contributed by atoms with Crippen LogP contribution in [0.5, 0.6) is 0 Å². The number of rotatable bonds is 3. The zero-order chi connectivity index (χ0) is 7.28. The standard InChI is InChI=1S/C7H12N2/c1-5-8-9-7(4)6(2)3/h5-6H,1,4H2,2-3H3. The lowest BCUT2D eigenvalue weighted by Crippen LogP contribution is -1.85. The van der Waals surface area contributed by atoms with E-state index in [-0.39, 0.29) is 0 Å². The van der Waals surface area contributed by atoms with Gasteiger partial charge in [0.05, 0.1) is 5.70 Å². The van der Waals surface area contributed by atoms with Gasteiger partial charge >= 0.3 is 0 Å². The van der Waals surface area contributed by atoms with Gasteiger partial charge in [-0.05, 0) is 5.92 Å². The Labute approximate surface area is 56.0 Å². The van der Waals surface area contributed by atoms with Gasteiger partial charge in [-0.2, -0.15) is 10.2 Å². The molecule has 0 N–H and O–H groups in total. The van der Waals surface area contributed by atoms with Crippen molar-refractivity contribution in [2.24, 2.45) is 16.1 Å². The minimum absolute atomic E-state index is 0.369.